The number of nitrogens with zero attached hydrogens (tertiary/aromatic N) is 2. The summed E-state index contributed by atoms with van der Waals surface area (Å²) in [6, 6.07) is 6.30. The van der Waals surface area contributed by atoms with Crippen molar-refractivity contribution in [3.63, 3.8) is 0 Å². The smallest absolute Gasteiger partial charge is 0.308 e. The van der Waals surface area contributed by atoms with Crippen molar-refractivity contribution in [1.29, 1.82) is 5.26 Å². The van der Waals surface area contributed by atoms with Crippen LogP contribution >= 0.6 is 11.3 Å². The van der Waals surface area contributed by atoms with Crippen LogP contribution in [0.15, 0.2) is 30.3 Å². The molecule has 0 aliphatic heterocycles. The average Bonchev–Trinajstić information content (AvgIpc) is 2.89. The largest absolute Gasteiger partial charge is 0.325 e. The second kappa shape index (κ2) is 6.17. The van der Waals surface area contributed by atoms with Crippen molar-refractivity contribution in [3.8, 4) is 6.07 Å². The van der Waals surface area contributed by atoms with Crippen LogP contribution in [0.5, 0.6) is 0 Å². The SMILES string of the molecule is N#Cc1ccc(NC(=O)Nc2nc3c(F)cc(F)cc3s2)cc1F. The van der Waals surface area contributed by atoms with Crippen molar-refractivity contribution in [3.05, 3.63) is 53.3 Å². The Morgan fingerprint density at radius 2 is 1.92 bits per heavy atom. The van der Waals surface area contributed by atoms with Gasteiger partial charge in [-0.15, -0.1) is 0 Å². The summed E-state index contributed by atoms with van der Waals surface area (Å²) in [5.41, 5.74) is -0.0758. The first-order valence-electron chi connectivity index (χ1n) is 6.49. The third-order valence-electron chi connectivity index (χ3n) is 2.98. The van der Waals surface area contributed by atoms with Gasteiger partial charge in [-0.3, -0.25) is 5.32 Å². The number of nitrogens with one attached hydrogen (secondary N) is 2. The van der Waals surface area contributed by atoms with Crippen LogP contribution in [0, 0.1) is 28.8 Å². The summed E-state index contributed by atoms with van der Waals surface area (Å²) in [6.45, 7) is 0. The van der Waals surface area contributed by atoms with Gasteiger partial charge < -0.3 is 5.32 Å². The minimum absolute atomic E-state index is 0.0545. The summed E-state index contributed by atoms with van der Waals surface area (Å²) >= 11 is 0.894. The summed E-state index contributed by atoms with van der Waals surface area (Å²) in [6.07, 6.45) is 0. The first kappa shape index (κ1) is 15.8. The van der Waals surface area contributed by atoms with Crippen molar-refractivity contribution < 1.29 is 18.0 Å². The van der Waals surface area contributed by atoms with Gasteiger partial charge in [0.05, 0.1) is 10.3 Å². The number of amides is 2. The van der Waals surface area contributed by atoms with Crippen molar-refractivity contribution in [2.75, 3.05) is 10.6 Å². The van der Waals surface area contributed by atoms with Gasteiger partial charge >= 0.3 is 6.03 Å². The van der Waals surface area contributed by atoms with E-state index in [1.54, 1.807) is 6.07 Å². The van der Waals surface area contributed by atoms with Crippen molar-refractivity contribution >= 4 is 38.4 Å². The Labute approximate surface area is 137 Å². The number of thiazole rings is 1. The molecule has 3 rings (SSSR count). The number of urea groups is 1. The number of aromatic nitrogens is 1. The van der Waals surface area contributed by atoms with Gasteiger partial charge in [0.15, 0.2) is 10.9 Å². The molecule has 120 valence electrons. The zero-order valence-electron chi connectivity index (χ0n) is 11.7. The van der Waals surface area contributed by atoms with Crippen LogP contribution in [0.3, 0.4) is 0 Å². The molecule has 1 heterocycles. The summed E-state index contributed by atoms with van der Waals surface area (Å²) < 4.78 is 40.4. The number of nitriles is 1. The molecule has 2 amide bonds. The molecular formula is C15H7F3N4OS. The number of benzene rings is 2. The third-order valence-corrected chi connectivity index (χ3v) is 3.90. The zero-order chi connectivity index (χ0) is 17.3. The number of halogens is 3. The molecule has 2 aromatic carbocycles. The molecule has 3 aromatic rings. The fourth-order valence-corrected chi connectivity index (χ4v) is 2.85. The average molecular weight is 348 g/mol. The number of hydrogen-bond acceptors (Lipinski definition) is 4. The maximum absolute atomic E-state index is 13.6. The molecule has 24 heavy (non-hydrogen) atoms. The van der Waals surface area contributed by atoms with Gasteiger partial charge in [0, 0.05) is 11.8 Å². The monoisotopic (exact) mass is 348 g/mol. The molecule has 1 aromatic heterocycles. The van der Waals surface area contributed by atoms with Gasteiger partial charge in [0.1, 0.15) is 23.2 Å². The fourth-order valence-electron chi connectivity index (χ4n) is 1.95. The predicted molar refractivity (Wildman–Crippen MR) is 83.3 cm³/mol. The van der Waals surface area contributed by atoms with Crippen LogP contribution in [0.2, 0.25) is 0 Å². The molecular weight excluding hydrogens is 341 g/mol. The van der Waals surface area contributed by atoms with Crippen LogP contribution in [-0.4, -0.2) is 11.0 Å². The van der Waals surface area contributed by atoms with E-state index in [9.17, 15) is 18.0 Å². The van der Waals surface area contributed by atoms with E-state index in [4.69, 9.17) is 5.26 Å². The highest BCUT2D eigenvalue weighted by molar-refractivity contribution is 7.22. The molecule has 2 N–H and O–H groups in total. The molecule has 9 heteroatoms. The van der Waals surface area contributed by atoms with Gasteiger partial charge in [-0.25, -0.2) is 22.9 Å². The molecule has 0 fully saturated rings. The number of anilines is 2. The highest BCUT2D eigenvalue weighted by atomic mass is 32.1. The first-order chi connectivity index (χ1) is 11.5. The molecule has 0 radical (unpaired) electrons. The fraction of sp³-hybridized carbons (Fsp3) is 0. The van der Waals surface area contributed by atoms with E-state index in [-0.39, 0.29) is 26.6 Å². The lowest BCUT2D eigenvalue weighted by Gasteiger charge is -2.05. The minimum atomic E-state index is -0.830. The Bertz CT molecular complexity index is 996. The number of carbonyl (C=O) groups is 1. The number of fused-ring (bicyclic) bond motifs is 1. The lowest BCUT2D eigenvalue weighted by Crippen LogP contribution is -2.19. The van der Waals surface area contributed by atoms with E-state index < -0.39 is 23.5 Å². The zero-order valence-corrected chi connectivity index (χ0v) is 12.5. The quantitative estimate of drug-likeness (QED) is 0.727. The summed E-state index contributed by atoms with van der Waals surface area (Å²) in [4.78, 5) is 15.7. The second-order valence-electron chi connectivity index (χ2n) is 4.64. The highest BCUT2D eigenvalue weighted by Crippen LogP contribution is 2.28. The number of rotatable bonds is 2. The van der Waals surface area contributed by atoms with E-state index >= 15 is 0 Å². The molecule has 0 bridgehead atoms. The Hall–Kier alpha value is -3.12. The molecule has 0 aliphatic carbocycles. The van der Waals surface area contributed by atoms with Gasteiger partial charge in [-0.2, -0.15) is 5.26 Å². The molecule has 0 unspecified atom stereocenters. The topological polar surface area (TPSA) is 77.8 Å². The van der Waals surface area contributed by atoms with E-state index in [1.807, 2.05) is 0 Å². The Morgan fingerprint density at radius 1 is 1.12 bits per heavy atom. The van der Waals surface area contributed by atoms with E-state index in [1.165, 1.54) is 12.1 Å². The first-order valence-corrected chi connectivity index (χ1v) is 7.31. The lowest BCUT2D eigenvalue weighted by molar-refractivity contribution is 0.262. The Kier molecular flexibility index (Phi) is 4.05. The molecule has 0 saturated carbocycles. The van der Waals surface area contributed by atoms with Gasteiger partial charge in [0.2, 0.25) is 0 Å². The maximum Gasteiger partial charge on any atom is 0.325 e. The van der Waals surface area contributed by atoms with Crippen LogP contribution in [0.4, 0.5) is 28.8 Å². The highest BCUT2D eigenvalue weighted by Gasteiger charge is 2.13. The van der Waals surface area contributed by atoms with Gasteiger partial charge in [-0.1, -0.05) is 11.3 Å². The van der Waals surface area contributed by atoms with Crippen LogP contribution in [0.25, 0.3) is 10.2 Å². The van der Waals surface area contributed by atoms with Crippen LogP contribution in [0.1, 0.15) is 5.56 Å². The summed E-state index contributed by atoms with van der Waals surface area (Å²) in [5, 5.41) is 13.4. The van der Waals surface area contributed by atoms with Crippen molar-refractivity contribution in [1.82, 2.24) is 4.98 Å². The van der Waals surface area contributed by atoms with Crippen LogP contribution in [-0.2, 0) is 0 Å². The van der Waals surface area contributed by atoms with Crippen molar-refractivity contribution in [2.24, 2.45) is 0 Å². The number of hydrogen-bond donors (Lipinski definition) is 2. The lowest BCUT2D eigenvalue weighted by atomic mass is 10.2. The van der Waals surface area contributed by atoms with Gasteiger partial charge in [0.25, 0.3) is 0 Å². The molecule has 0 aliphatic rings. The van der Waals surface area contributed by atoms with Gasteiger partial charge in [-0.05, 0) is 24.3 Å². The summed E-state index contributed by atoms with van der Waals surface area (Å²) in [5.74, 6) is -2.34. The second-order valence-corrected chi connectivity index (χ2v) is 5.67. The predicted octanol–water partition coefficient (Wildman–Crippen LogP) is 4.23. The molecule has 0 saturated heterocycles. The van der Waals surface area contributed by atoms with Crippen molar-refractivity contribution in [2.45, 2.75) is 0 Å². The minimum Gasteiger partial charge on any atom is -0.308 e. The normalized spacial score (nSPS) is 10.4. The standard InChI is InChI=1S/C15H7F3N4OS/c16-8-3-11(18)13-12(4-8)24-15(21-13)22-14(23)20-9-2-1-7(6-19)10(17)5-9/h1-5H,(H2,20,21,22,23). The Balaban J connectivity index is 1.76. The maximum atomic E-state index is 13.6. The summed E-state index contributed by atoms with van der Waals surface area (Å²) in [7, 11) is 0. The van der Waals surface area contributed by atoms with E-state index in [2.05, 4.69) is 15.6 Å². The molecule has 0 spiro atoms. The van der Waals surface area contributed by atoms with Crippen LogP contribution < -0.4 is 10.6 Å². The Morgan fingerprint density at radius 3 is 2.62 bits per heavy atom. The third kappa shape index (κ3) is 3.13. The molecule has 5 nitrogen and oxygen atoms in total. The van der Waals surface area contributed by atoms with E-state index in [0.717, 1.165) is 23.5 Å². The van der Waals surface area contributed by atoms with E-state index in [0.29, 0.717) is 6.07 Å². The number of carbonyl (C=O) groups excluding carboxylic acids is 1. The molecule has 0 atom stereocenters.